The third-order valence-corrected chi connectivity index (χ3v) is 7.39. The molecule has 0 bridgehead atoms. The van der Waals surface area contributed by atoms with Crippen LogP contribution in [0.5, 0.6) is 0 Å². The maximum Gasteiger partial charge on any atom is 0.243 e. The van der Waals surface area contributed by atoms with Gasteiger partial charge in [0.05, 0.1) is 15.7 Å². The van der Waals surface area contributed by atoms with Crippen molar-refractivity contribution in [1.82, 2.24) is 9.29 Å². The van der Waals surface area contributed by atoms with Crippen molar-refractivity contribution in [3.8, 4) is 0 Å². The summed E-state index contributed by atoms with van der Waals surface area (Å²) in [6, 6.07) is 11.9. The van der Waals surface area contributed by atoms with Crippen LogP contribution in [0.2, 0.25) is 0 Å². The van der Waals surface area contributed by atoms with Gasteiger partial charge in [0.15, 0.2) is 0 Å². The number of hydrogen-bond acceptors (Lipinski definition) is 5. The van der Waals surface area contributed by atoms with Gasteiger partial charge in [0.1, 0.15) is 0 Å². The first-order valence-electron chi connectivity index (χ1n) is 9.28. The van der Waals surface area contributed by atoms with E-state index < -0.39 is 10.0 Å². The maximum absolute atomic E-state index is 12.9. The van der Waals surface area contributed by atoms with Gasteiger partial charge in [-0.15, -0.1) is 0 Å². The van der Waals surface area contributed by atoms with Crippen molar-refractivity contribution in [2.45, 2.75) is 30.2 Å². The number of piperidine rings is 1. The van der Waals surface area contributed by atoms with Crippen molar-refractivity contribution in [3.05, 3.63) is 48.7 Å². The Morgan fingerprint density at radius 2 is 1.82 bits per heavy atom. The molecule has 2 aromatic rings. The Kier molecular flexibility index (Phi) is 6.74. The quantitative estimate of drug-likeness (QED) is 0.725. The van der Waals surface area contributed by atoms with E-state index in [1.54, 1.807) is 34.8 Å². The van der Waals surface area contributed by atoms with E-state index in [4.69, 9.17) is 0 Å². The number of sulfonamides is 1. The molecule has 0 spiro atoms. The molecule has 1 aliphatic rings. The molecule has 6 nitrogen and oxygen atoms in total. The largest absolute Gasteiger partial charge is 0.325 e. The van der Waals surface area contributed by atoms with Crippen LogP contribution in [0.1, 0.15) is 20.3 Å². The van der Waals surface area contributed by atoms with Crippen molar-refractivity contribution >= 4 is 33.4 Å². The third-order valence-electron chi connectivity index (χ3n) is 4.60. The summed E-state index contributed by atoms with van der Waals surface area (Å²) in [5.74, 6) is 0.785. The lowest BCUT2D eigenvalue weighted by molar-refractivity contribution is -0.113. The van der Waals surface area contributed by atoms with E-state index in [-0.39, 0.29) is 16.6 Å². The van der Waals surface area contributed by atoms with Gasteiger partial charge < -0.3 is 5.32 Å². The first-order chi connectivity index (χ1) is 13.3. The van der Waals surface area contributed by atoms with Crippen molar-refractivity contribution < 1.29 is 13.2 Å². The average Bonchev–Trinajstić information content (AvgIpc) is 2.67. The van der Waals surface area contributed by atoms with Gasteiger partial charge in [0.25, 0.3) is 0 Å². The molecule has 1 aromatic heterocycles. The molecular formula is C20H25N3O3S2. The fourth-order valence-electron chi connectivity index (χ4n) is 3.43. The number of amides is 1. The molecule has 28 heavy (non-hydrogen) atoms. The van der Waals surface area contributed by atoms with Gasteiger partial charge in [0.2, 0.25) is 15.9 Å². The number of carbonyl (C=O) groups excluding carboxylic acids is 1. The van der Waals surface area contributed by atoms with Gasteiger partial charge in [0, 0.05) is 25.0 Å². The molecule has 1 aromatic carbocycles. The Labute approximate surface area is 170 Å². The van der Waals surface area contributed by atoms with Crippen LogP contribution >= 0.6 is 11.8 Å². The molecule has 2 atom stereocenters. The molecule has 0 saturated carbocycles. The second kappa shape index (κ2) is 9.07. The summed E-state index contributed by atoms with van der Waals surface area (Å²) in [6.45, 7) is 5.27. The predicted molar refractivity (Wildman–Crippen MR) is 112 cm³/mol. The van der Waals surface area contributed by atoms with E-state index in [9.17, 15) is 13.2 Å². The topological polar surface area (TPSA) is 79.4 Å². The Morgan fingerprint density at radius 3 is 2.43 bits per heavy atom. The number of hydrogen-bond donors (Lipinski definition) is 1. The van der Waals surface area contributed by atoms with Crippen molar-refractivity contribution in [2.24, 2.45) is 11.8 Å². The number of benzene rings is 1. The van der Waals surface area contributed by atoms with Crippen LogP contribution in [0.4, 0.5) is 5.69 Å². The van der Waals surface area contributed by atoms with Gasteiger partial charge in [-0.1, -0.05) is 31.7 Å². The summed E-state index contributed by atoms with van der Waals surface area (Å²) >= 11 is 1.35. The van der Waals surface area contributed by atoms with Crippen LogP contribution < -0.4 is 5.32 Å². The van der Waals surface area contributed by atoms with Crippen molar-refractivity contribution in [3.63, 3.8) is 0 Å². The first-order valence-corrected chi connectivity index (χ1v) is 11.7. The summed E-state index contributed by atoms with van der Waals surface area (Å²) in [5.41, 5.74) is 0.575. The Balaban J connectivity index is 1.60. The van der Waals surface area contributed by atoms with E-state index in [0.717, 1.165) is 11.4 Å². The van der Waals surface area contributed by atoms with Crippen LogP contribution in [-0.4, -0.2) is 42.5 Å². The van der Waals surface area contributed by atoms with Gasteiger partial charge >= 0.3 is 0 Å². The monoisotopic (exact) mass is 419 g/mol. The van der Waals surface area contributed by atoms with Crippen LogP contribution in [0.15, 0.2) is 58.6 Å². The smallest absolute Gasteiger partial charge is 0.243 e. The third kappa shape index (κ3) is 5.33. The summed E-state index contributed by atoms with van der Waals surface area (Å²) in [5, 5.41) is 3.57. The fourth-order valence-corrected chi connectivity index (χ4v) is 5.77. The van der Waals surface area contributed by atoms with Crippen LogP contribution in [0, 0.1) is 11.8 Å². The molecule has 1 fully saturated rings. The molecule has 1 saturated heterocycles. The fraction of sp³-hybridized carbons (Fsp3) is 0.400. The highest BCUT2D eigenvalue weighted by Crippen LogP contribution is 2.27. The normalized spacial score (nSPS) is 20.6. The predicted octanol–water partition coefficient (Wildman–Crippen LogP) is 3.48. The van der Waals surface area contributed by atoms with Gasteiger partial charge in [-0.25, -0.2) is 13.4 Å². The Morgan fingerprint density at radius 1 is 1.14 bits per heavy atom. The second-order valence-corrected chi connectivity index (χ2v) is 10.2. The van der Waals surface area contributed by atoms with Gasteiger partial charge in [-0.2, -0.15) is 4.31 Å². The number of nitrogens with one attached hydrogen (secondary N) is 1. The first kappa shape index (κ1) is 20.8. The van der Waals surface area contributed by atoms with E-state index in [2.05, 4.69) is 24.1 Å². The minimum absolute atomic E-state index is 0.162. The molecule has 0 aliphatic carbocycles. The zero-order valence-electron chi connectivity index (χ0n) is 16.0. The zero-order valence-corrected chi connectivity index (χ0v) is 17.7. The molecule has 0 radical (unpaired) electrons. The number of nitrogens with zero attached hydrogens (tertiary/aromatic N) is 2. The van der Waals surface area contributed by atoms with Crippen LogP contribution in [0.25, 0.3) is 0 Å². The number of carbonyl (C=O) groups is 1. The zero-order chi connectivity index (χ0) is 20.1. The molecule has 3 rings (SSSR count). The summed E-state index contributed by atoms with van der Waals surface area (Å²) in [6.07, 6.45) is 2.73. The molecule has 1 amide bonds. The van der Waals surface area contributed by atoms with E-state index >= 15 is 0 Å². The van der Waals surface area contributed by atoms with E-state index in [1.165, 1.54) is 11.8 Å². The highest BCUT2D eigenvalue weighted by molar-refractivity contribution is 7.99. The van der Waals surface area contributed by atoms with Gasteiger partial charge in [-0.05, 0) is 54.7 Å². The minimum Gasteiger partial charge on any atom is -0.325 e. The van der Waals surface area contributed by atoms with Crippen LogP contribution in [-0.2, 0) is 14.8 Å². The highest BCUT2D eigenvalue weighted by atomic mass is 32.2. The minimum atomic E-state index is -3.51. The second-order valence-electron chi connectivity index (χ2n) is 7.30. The van der Waals surface area contributed by atoms with Crippen LogP contribution in [0.3, 0.4) is 0 Å². The summed E-state index contributed by atoms with van der Waals surface area (Å²) in [4.78, 5) is 16.5. The van der Waals surface area contributed by atoms with Crippen molar-refractivity contribution in [2.75, 3.05) is 24.2 Å². The van der Waals surface area contributed by atoms with E-state index in [1.807, 2.05) is 18.2 Å². The molecule has 8 heteroatoms. The number of thioether (sulfide) groups is 1. The maximum atomic E-state index is 12.9. The number of anilines is 1. The standard InChI is InChI=1S/C20H25N3O3S2/c1-15-11-16(2)13-23(12-15)28(25,26)18-8-6-17(7-9-18)22-19(24)14-27-20-5-3-4-10-21-20/h3-10,15-16H,11-14H2,1-2H3,(H,22,24)/t15-,16-/m1/s1. The summed E-state index contributed by atoms with van der Waals surface area (Å²) < 4.78 is 27.4. The highest BCUT2D eigenvalue weighted by Gasteiger charge is 2.31. The molecule has 1 N–H and O–H groups in total. The molecule has 2 heterocycles. The van der Waals surface area contributed by atoms with Gasteiger partial charge in [-0.3, -0.25) is 4.79 Å². The Hall–Kier alpha value is -1.90. The summed E-state index contributed by atoms with van der Waals surface area (Å²) in [7, 11) is -3.51. The SMILES string of the molecule is C[C@@H]1C[C@@H](C)CN(S(=O)(=O)c2ccc(NC(=O)CSc3ccccn3)cc2)C1. The number of pyridine rings is 1. The molecule has 0 unspecified atom stereocenters. The average molecular weight is 420 g/mol. The number of aromatic nitrogens is 1. The van der Waals surface area contributed by atoms with E-state index in [0.29, 0.717) is 30.6 Å². The molecule has 1 aliphatic heterocycles. The lowest BCUT2D eigenvalue weighted by Crippen LogP contribution is -2.42. The lowest BCUT2D eigenvalue weighted by Gasteiger charge is -2.34. The Bertz CT molecular complexity index is 892. The molecule has 150 valence electrons. The molecular weight excluding hydrogens is 394 g/mol. The van der Waals surface area contributed by atoms with Crippen molar-refractivity contribution in [1.29, 1.82) is 0 Å². The lowest BCUT2D eigenvalue weighted by atomic mass is 9.94. The number of rotatable bonds is 6.